The van der Waals surface area contributed by atoms with E-state index in [4.69, 9.17) is 4.74 Å². The molecule has 0 spiro atoms. The van der Waals surface area contributed by atoms with Crippen LogP contribution in [0, 0.1) is 22.7 Å². The van der Waals surface area contributed by atoms with Crippen LogP contribution >= 0.6 is 0 Å². The summed E-state index contributed by atoms with van der Waals surface area (Å²) in [6, 6.07) is 0. The van der Waals surface area contributed by atoms with E-state index in [0.717, 1.165) is 11.1 Å². The number of aliphatic hydroxyl groups is 5. The van der Waals surface area contributed by atoms with Crippen molar-refractivity contribution in [3.8, 4) is 0 Å². The van der Waals surface area contributed by atoms with Crippen molar-refractivity contribution in [2.24, 2.45) is 22.7 Å². The number of hydrogen-bond acceptors (Lipinski definition) is 8. The first kappa shape index (κ1) is 25.8. The zero-order valence-corrected chi connectivity index (χ0v) is 21.6. The van der Waals surface area contributed by atoms with Gasteiger partial charge in [-0.1, -0.05) is 24.1 Å². The van der Waals surface area contributed by atoms with Crippen LogP contribution in [-0.4, -0.2) is 72.4 Å². The van der Waals surface area contributed by atoms with Crippen molar-refractivity contribution in [3.05, 3.63) is 34.9 Å². The molecule has 4 aliphatic carbocycles. The highest BCUT2D eigenvalue weighted by Crippen LogP contribution is 2.68. The molecule has 0 aromatic rings. The van der Waals surface area contributed by atoms with Gasteiger partial charge in [-0.2, -0.15) is 0 Å². The fraction of sp³-hybridized carbons (Fsp3) is 0.714. The van der Waals surface area contributed by atoms with Gasteiger partial charge in [0, 0.05) is 17.4 Å². The number of allylic oxidation sites excluding steroid dienone is 1. The quantitative estimate of drug-likeness (QED) is 0.282. The van der Waals surface area contributed by atoms with Gasteiger partial charge in [-0.3, -0.25) is 4.79 Å². The van der Waals surface area contributed by atoms with Crippen LogP contribution < -0.4 is 0 Å². The van der Waals surface area contributed by atoms with Crippen LogP contribution in [0.2, 0.25) is 0 Å². The molecule has 0 amide bonds. The minimum atomic E-state index is -2.01. The van der Waals surface area contributed by atoms with Crippen molar-refractivity contribution in [2.75, 3.05) is 0 Å². The zero-order chi connectivity index (χ0) is 26.6. The Balaban J connectivity index is 1.53. The first-order chi connectivity index (χ1) is 16.6. The van der Waals surface area contributed by atoms with E-state index in [-0.39, 0.29) is 30.5 Å². The third-order valence-electron chi connectivity index (χ3n) is 11.1. The highest BCUT2D eigenvalue weighted by atomic mass is 16.6. The van der Waals surface area contributed by atoms with Crippen molar-refractivity contribution in [3.63, 3.8) is 0 Å². The summed E-state index contributed by atoms with van der Waals surface area (Å²) >= 11 is 0. The monoisotopic (exact) mass is 502 g/mol. The summed E-state index contributed by atoms with van der Waals surface area (Å²) in [7, 11) is 0. The predicted octanol–water partition coefficient (Wildman–Crippen LogP) is 1.48. The summed E-state index contributed by atoms with van der Waals surface area (Å²) in [6.45, 7) is 8.55. The molecular formula is C28H38O8. The van der Waals surface area contributed by atoms with E-state index in [9.17, 15) is 35.1 Å². The van der Waals surface area contributed by atoms with Gasteiger partial charge in [0.15, 0.2) is 5.78 Å². The molecular weight excluding hydrogens is 464 g/mol. The number of cyclic esters (lactones) is 1. The van der Waals surface area contributed by atoms with Crippen LogP contribution in [0.25, 0.3) is 0 Å². The lowest BCUT2D eigenvalue weighted by atomic mass is 9.43. The second-order valence-corrected chi connectivity index (χ2v) is 12.4. The number of hydrogen-bond donors (Lipinski definition) is 5. The Morgan fingerprint density at radius 3 is 2.44 bits per heavy atom. The molecule has 0 aromatic heterocycles. The van der Waals surface area contributed by atoms with Crippen LogP contribution in [0.1, 0.15) is 66.7 Å². The Hall–Kier alpha value is -1.84. The fourth-order valence-electron chi connectivity index (χ4n) is 8.36. The molecule has 0 aromatic carbocycles. The van der Waals surface area contributed by atoms with Crippen LogP contribution in [0.15, 0.2) is 34.9 Å². The normalized spacial score (nSPS) is 50.1. The number of esters is 1. The second kappa shape index (κ2) is 7.60. The average molecular weight is 503 g/mol. The van der Waals surface area contributed by atoms with Crippen LogP contribution in [0.3, 0.4) is 0 Å². The standard InChI is InChI=1S/C28H38O8/c1-14-12-22(36-23(32)15(14)2)26(5,33)27(34)11-9-17-16-13-21(31)28(35)20(30)7-6-19(29)25(28,4)18(16)8-10-24(17,27)3/h6-7,9,16,18,20-22,30-31,33-35H,8,10-13H2,1-5H3/t16?,18?,20-,21-,22+,24-,25-,26-,27-,28+/m0/s1. The molecule has 0 bridgehead atoms. The number of rotatable bonds is 2. The van der Waals surface area contributed by atoms with Gasteiger partial charge in [0.2, 0.25) is 0 Å². The Kier molecular flexibility index (Phi) is 5.45. The van der Waals surface area contributed by atoms with Gasteiger partial charge in [-0.25, -0.2) is 4.79 Å². The second-order valence-electron chi connectivity index (χ2n) is 12.4. The molecule has 0 saturated heterocycles. The molecule has 198 valence electrons. The van der Waals surface area contributed by atoms with Crippen molar-refractivity contribution in [2.45, 2.75) is 102 Å². The summed E-state index contributed by atoms with van der Waals surface area (Å²) in [5.74, 6) is -1.54. The van der Waals surface area contributed by atoms with E-state index in [0.29, 0.717) is 24.8 Å². The van der Waals surface area contributed by atoms with Crippen LogP contribution in [0.5, 0.6) is 0 Å². The highest BCUT2D eigenvalue weighted by molar-refractivity contribution is 5.97. The largest absolute Gasteiger partial charge is 0.455 e. The van der Waals surface area contributed by atoms with E-state index < -0.39 is 51.9 Å². The number of ketones is 1. The summed E-state index contributed by atoms with van der Waals surface area (Å²) in [5.41, 5.74) is -5.60. The van der Waals surface area contributed by atoms with Gasteiger partial charge in [-0.05, 0) is 77.4 Å². The molecule has 0 radical (unpaired) electrons. The number of carbonyl (C=O) groups excluding carboxylic acids is 2. The highest BCUT2D eigenvalue weighted by Gasteiger charge is 2.73. The fourth-order valence-corrected chi connectivity index (χ4v) is 8.36. The third kappa shape index (κ3) is 2.77. The lowest BCUT2D eigenvalue weighted by molar-refractivity contribution is -0.259. The molecule has 8 heteroatoms. The van der Waals surface area contributed by atoms with Crippen molar-refractivity contribution < 1.29 is 39.9 Å². The molecule has 1 aliphatic heterocycles. The first-order valence-electron chi connectivity index (χ1n) is 12.9. The SMILES string of the molecule is CC1=C(C)C(=O)O[C@@H]([C@](C)(O)[C@]2(O)CC=C3C4C[C@H](O)[C@]5(O)[C@@H](O)C=CC(=O)[C@]5(C)C4CC[C@@]32C)C1. The van der Waals surface area contributed by atoms with Gasteiger partial charge < -0.3 is 30.3 Å². The maximum Gasteiger partial charge on any atom is 0.334 e. The molecule has 10 atom stereocenters. The van der Waals surface area contributed by atoms with Crippen molar-refractivity contribution in [1.29, 1.82) is 0 Å². The maximum atomic E-state index is 13.2. The minimum absolute atomic E-state index is 0.119. The van der Waals surface area contributed by atoms with Crippen LogP contribution in [0.4, 0.5) is 0 Å². The Morgan fingerprint density at radius 2 is 1.81 bits per heavy atom. The molecule has 5 N–H and O–H groups in total. The van der Waals surface area contributed by atoms with Gasteiger partial charge in [0.25, 0.3) is 0 Å². The van der Waals surface area contributed by atoms with E-state index in [2.05, 4.69) is 0 Å². The third-order valence-corrected chi connectivity index (χ3v) is 11.1. The van der Waals surface area contributed by atoms with Gasteiger partial charge >= 0.3 is 5.97 Å². The van der Waals surface area contributed by atoms with Gasteiger partial charge in [0.05, 0.1) is 11.5 Å². The summed E-state index contributed by atoms with van der Waals surface area (Å²) in [4.78, 5) is 25.7. The number of fused-ring (bicyclic) bond motifs is 5. The zero-order valence-electron chi connectivity index (χ0n) is 21.6. The molecule has 5 rings (SSSR count). The van der Waals surface area contributed by atoms with Crippen molar-refractivity contribution >= 4 is 11.8 Å². The van der Waals surface area contributed by atoms with E-state index in [1.54, 1.807) is 13.8 Å². The Labute approximate surface area is 211 Å². The van der Waals surface area contributed by atoms with Crippen molar-refractivity contribution in [1.82, 2.24) is 0 Å². The molecule has 2 fully saturated rings. The van der Waals surface area contributed by atoms with Gasteiger partial charge in [-0.15, -0.1) is 0 Å². The Morgan fingerprint density at radius 1 is 1.14 bits per heavy atom. The topological polar surface area (TPSA) is 145 Å². The number of ether oxygens (including phenoxy) is 1. The summed E-state index contributed by atoms with van der Waals surface area (Å²) in [6.07, 6.45) is 2.17. The summed E-state index contributed by atoms with van der Waals surface area (Å²) in [5, 5.41) is 57.4. The molecule has 5 aliphatic rings. The smallest absolute Gasteiger partial charge is 0.334 e. The van der Waals surface area contributed by atoms with E-state index in [1.165, 1.54) is 19.1 Å². The lowest BCUT2D eigenvalue weighted by Gasteiger charge is -2.64. The molecule has 2 saturated carbocycles. The first-order valence-corrected chi connectivity index (χ1v) is 12.9. The van der Waals surface area contributed by atoms with E-state index in [1.807, 2.05) is 19.9 Å². The minimum Gasteiger partial charge on any atom is -0.455 e. The van der Waals surface area contributed by atoms with E-state index >= 15 is 0 Å². The lowest BCUT2D eigenvalue weighted by Crippen LogP contribution is -2.74. The van der Waals surface area contributed by atoms with Gasteiger partial charge in [0.1, 0.15) is 29.0 Å². The molecule has 36 heavy (non-hydrogen) atoms. The number of carbonyl (C=O) groups is 2. The molecule has 2 unspecified atom stereocenters. The maximum absolute atomic E-state index is 13.2. The summed E-state index contributed by atoms with van der Waals surface area (Å²) < 4.78 is 5.60. The molecule has 1 heterocycles. The average Bonchev–Trinajstić information content (AvgIpc) is 3.10. The van der Waals surface area contributed by atoms with Crippen LogP contribution in [-0.2, 0) is 14.3 Å². The molecule has 8 nitrogen and oxygen atoms in total. The Bertz CT molecular complexity index is 1120. The number of aliphatic hydroxyl groups excluding tert-OH is 2. The predicted molar refractivity (Wildman–Crippen MR) is 129 cm³/mol.